The summed E-state index contributed by atoms with van der Waals surface area (Å²) in [5.41, 5.74) is 2.93. The van der Waals surface area contributed by atoms with Crippen LogP contribution in [0.15, 0.2) is 48.5 Å². The first-order valence-electron chi connectivity index (χ1n) is 8.49. The molecule has 0 bridgehead atoms. The lowest BCUT2D eigenvalue weighted by molar-refractivity contribution is -0.120. The molecule has 2 heterocycles. The van der Waals surface area contributed by atoms with Crippen molar-refractivity contribution in [2.45, 2.75) is 11.8 Å². The molecule has 25 heavy (non-hydrogen) atoms. The molecule has 2 aliphatic heterocycles. The number of para-hydroxylation sites is 1. The average Bonchev–Trinajstić information content (AvgIpc) is 3.18. The van der Waals surface area contributed by atoms with Crippen LogP contribution in [0.5, 0.6) is 0 Å². The van der Waals surface area contributed by atoms with E-state index in [9.17, 15) is 9.59 Å². The smallest absolute Gasteiger partial charge is 0.253 e. The van der Waals surface area contributed by atoms with Gasteiger partial charge in [0, 0.05) is 44.1 Å². The Labute approximate surface area is 147 Å². The van der Waals surface area contributed by atoms with Gasteiger partial charge >= 0.3 is 0 Å². The van der Waals surface area contributed by atoms with Gasteiger partial charge in [-0.25, -0.2) is 0 Å². The number of carbonyl (C=O) groups is 2. The van der Waals surface area contributed by atoms with E-state index in [1.165, 1.54) is 0 Å². The summed E-state index contributed by atoms with van der Waals surface area (Å²) in [5, 5.41) is 2.97. The molecule has 0 saturated carbocycles. The Kier molecular flexibility index (Phi) is 3.53. The lowest BCUT2D eigenvalue weighted by Gasteiger charge is -2.23. The third-order valence-electron chi connectivity index (χ3n) is 5.29. The van der Waals surface area contributed by atoms with Gasteiger partial charge in [-0.15, -0.1) is 0 Å². The number of carbonyl (C=O) groups excluding carboxylic acids is 2. The Morgan fingerprint density at radius 1 is 1.16 bits per heavy atom. The highest BCUT2D eigenvalue weighted by atomic mass is 16.2. The molecule has 0 aliphatic carbocycles. The van der Waals surface area contributed by atoms with Crippen molar-refractivity contribution in [1.29, 1.82) is 0 Å². The normalized spacial score (nSPS) is 21.4. The second kappa shape index (κ2) is 5.62. The molecular weight excluding hydrogens is 314 g/mol. The summed E-state index contributed by atoms with van der Waals surface area (Å²) in [6, 6.07) is 15.4. The molecule has 1 spiro atoms. The summed E-state index contributed by atoms with van der Waals surface area (Å²) in [6.07, 6.45) is 0.662. The van der Waals surface area contributed by atoms with E-state index in [1.807, 2.05) is 67.5 Å². The molecule has 1 fully saturated rings. The maximum atomic E-state index is 13.0. The van der Waals surface area contributed by atoms with Gasteiger partial charge < -0.3 is 15.1 Å². The minimum atomic E-state index is -0.606. The first-order chi connectivity index (χ1) is 12.0. The fraction of sp³-hybridized carbons (Fsp3) is 0.300. The minimum Gasteiger partial charge on any atom is -0.378 e. The standard InChI is InChI=1S/C20H21N3O2/c1-22(2)15-7-5-6-14(12-15)18(24)23-11-10-20(13-23)16-8-3-4-9-17(16)21-19(20)25/h3-9,12H,10-11,13H2,1-2H3,(H,21,25). The van der Waals surface area contributed by atoms with Crippen molar-refractivity contribution in [3.05, 3.63) is 59.7 Å². The molecule has 0 radical (unpaired) electrons. The van der Waals surface area contributed by atoms with Gasteiger partial charge in [0.2, 0.25) is 5.91 Å². The van der Waals surface area contributed by atoms with Crippen molar-refractivity contribution in [1.82, 2.24) is 4.90 Å². The lowest BCUT2D eigenvalue weighted by atomic mass is 9.81. The van der Waals surface area contributed by atoms with Crippen LogP contribution in [0.2, 0.25) is 0 Å². The van der Waals surface area contributed by atoms with Crippen LogP contribution in [-0.2, 0) is 10.2 Å². The van der Waals surface area contributed by atoms with Crippen LogP contribution in [0.3, 0.4) is 0 Å². The van der Waals surface area contributed by atoms with Crippen molar-refractivity contribution in [3.63, 3.8) is 0 Å². The number of hydrogen-bond donors (Lipinski definition) is 1. The molecule has 5 heteroatoms. The largest absolute Gasteiger partial charge is 0.378 e. The Balaban J connectivity index is 1.62. The van der Waals surface area contributed by atoms with Crippen LogP contribution in [0.1, 0.15) is 22.3 Å². The van der Waals surface area contributed by atoms with Gasteiger partial charge in [0.05, 0.1) is 5.41 Å². The SMILES string of the molecule is CN(C)c1cccc(C(=O)N2CCC3(C2)C(=O)Nc2ccccc23)c1. The van der Waals surface area contributed by atoms with Crippen LogP contribution in [-0.4, -0.2) is 43.9 Å². The van der Waals surface area contributed by atoms with E-state index in [-0.39, 0.29) is 11.8 Å². The van der Waals surface area contributed by atoms with Crippen molar-refractivity contribution in [3.8, 4) is 0 Å². The predicted molar refractivity (Wildman–Crippen MR) is 98.0 cm³/mol. The number of benzene rings is 2. The topological polar surface area (TPSA) is 52.7 Å². The van der Waals surface area contributed by atoms with Crippen LogP contribution < -0.4 is 10.2 Å². The van der Waals surface area contributed by atoms with Crippen molar-refractivity contribution < 1.29 is 9.59 Å². The summed E-state index contributed by atoms with van der Waals surface area (Å²) in [7, 11) is 3.91. The van der Waals surface area contributed by atoms with Gasteiger partial charge in [0.15, 0.2) is 0 Å². The number of anilines is 2. The van der Waals surface area contributed by atoms with Crippen LogP contribution in [0, 0.1) is 0 Å². The number of likely N-dealkylation sites (tertiary alicyclic amines) is 1. The van der Waals surface area contributed by atoms with Gasteiger partial charge in [-0.2, -0.15) is 0 Å². The molecule has 1 atom stereocenters. The van der Waals surface area contributed by atoms with E-state index in [4.69, 9.17) is 0 Å². The Bertz CT molecular complexity index is 862. The van der Waals surface area contributed by atoms with Crippen LogP contribution in [0.25, 0.3) is 0 Å². The van der Waals surface area contributed by atoms with Crippen molar-refractivity contribution in [2.24, 2.45) is 0 Å². The van der Waals surface area contributed by atoms with E-state index < -0.39 is 5.41 Å². The second-order valence-electron chi connectivity index (χ2n) is 7.00. The van der Waals surface area contributed by atoms with Gasteiger partial charge in [-0.1, -0.05) is 24.3 Å². The monoisotopic (exact) mass is 335 g/mol. The number of amides is 2. The highest BCUT2D eigenvalue weighted by molar-refractivity contribution is 6.07. The second-order valence-corrected chi connectivity index (χ2v) is 7.00. The quantitative estimate of drug-likeness (QED) is 0.917. The van der Waals surface area contributed by atoms with Gasteiger partial charge in [0.1, 0.15) is 0 Å². The molecule has 5 nitrogen and oxygen atoms in total. The van der Waals surface area contributed by atoms with Gasteiger partial charge in [-0.05, 0) is 36.2 Å². The highest BCUT2D eigenvalue weighted by Crippen LogP contribution is 2.44. The van der Waals surface area contributed by atoms with Crippen molar-refractivity contribution >= 4 is 23.2 Å². The zero-order chi connectivity index (χ0) is 17.6. The number of rotatable bonds is 2. The minimum absolute atomic E-state index is 0.00559. The van der Waals surface area contributed by atoms with E-state index >= 15 is 0 Å². The molecule has 2 amide bonds. The van der Waals surface area contributed by atoms with Gasteiger partial charge in [-0.3, -0.25) is 9.59 Å². The number of nitrogens with one attached hydrogen (secondary N) is 1. The Morgan fingerprint density at radius 3 is 2.76 bits per heavy atom. The Hall–Kier alpha value is -2.82. The first-order valence-corrected chi connectivity index (χ1v) is 8.49. The molecule has 1 saturated heterocycles. The van der Waals surface area contributed by atoms with Crippen LogP contribution >= 0.6 is 0 Å². The van der Waals surface area contributed by atoms with Crippen LogP contribution in [0.4, 0.5) is 11.4 Å². The molecule has 2 aliphatic rings. The molecule has 1 unspecified atom stereocenters. The number of nitrogens with zero attached hydrogens (tertiary/aromatic N) is 2. The highest BCUT2D eigenvalue weighted by Gasteiger charge is 2.51. The van der Waals surface area contributed by atoms with E-state index in [2.05, 4.69) is 5.32 Å². The number of hydrogen-bond acceptors (Lipinski definition) is 3. The zero-order valence-electron chi connectivity index (χ0n) is 14.5. The molecule has 1 N–H and O–H groups in total. The molecule has 4 rings (SSSR count). The predicted octanol–water partition coefficient (Wildman–Crippen LogP) is 2.49. The summed E-state index contributed by atoms with van der Waals surface area (Å²) in [5.74, 6) is -0.0104. The fourth-order valence-electron chi connectivity index (χ4n) is 3.86. The molecular formula is C20H21N3O2. The summed E-state index contributed by atoms with van der Waals surface area (Å²) >= 11 is 0. The maximum absolute atomic E-state index is 13.0. The molecule has 128 valence electrons. The summed E-state index contributed by atoms with van der Waals surface area (Å²) in [6.45, 7) is 1.02. The average molecular weight is 335 g/mol. The summed E-state index contributed by atoms with van der Waals surface area (Å²) in [4.78, 5) is 29.4. The van der Waals surface area contributed by atoms with E-state index in [0.29, 0.717) is 25.1 Å². The van der Waals surface area contributed by atoms with E-state index in [1.54, 1.807) is 4.90 Å². The number of fused-ring (bicyclic) bond motifs is 2. The van der Waals surface area contributed by atoms with Gasteiger partial charge in [0.25, 0.3) is 5.91 Å². The lowest BCUT2D eigenvalue weighted by Crippen LogP contribution is -2.39. The molecule has 2 aromatic carbocycles. The van der Waals surface area contributed by atoms with E-state index in [0.717, 1.165) is 16.9 Å². The molecule has 2 aromatic rings. The maximum Gasteiger partial charge on any atom is 0.253 e. The molecule has 0 aromatic heterocycles. The summed E-state index contributed by atoms with van der Waals surface area (Å²) < 4.78 is 0. The zero-order valence-corrected chi connectivity index (χ0v) is 14.5. The third-order valence-corrected chi connectivity index (χ3v) is 5.29. The third kappa shape index (κ3) is 2.38. The Morgan fingerprint density at radius 2 is 1.96 bits per heavy atom. The first kappa shape index (κ1) is 15.7. The fourth-order valence-corrected chi connectivity index (χ4v) is 3.86. The van der Waals surface area contributed by atoms with Crippen molar-refractivity contribution in [2.75, 3.05) is 37.4 Å².